The molecule has 0 aliphatic carbocycles. The lowest BCUT2D eigenvalue weighted by Crippen LogP contribution is -2.21. The standard InChI is InChI=1S/C33H27F3N4/c34-28-10-4-1-7-25(28)31-13-22(16-37-31)19-40(20-23-14-32(38-17-23)26-8-2-5-11-29(26)35)21-24-15-33(39-18-24)27-9-3-6-12-30(27)36/h1-18,37-39H,19-21H2. The molecule has 0 amide bonds. The molecule has 0 bridgehead atoms. The Bertz CT molecular complexity index is 1540. The second-order valence-electron chi connectivity index (χ2n) is 9.85. The van der Waals surface area contributed by atoms with Crippen LogP contribution in [0, 0.1) is 17.5 Å². The van der Waals surface area contributed by atoms with Gasteiger partial charge in [-0.1, -0.05) is 36.4 Å². The van der Waals surface area contributed by atoms with Crippen molar-refractivity contribution in [3.63, 3.8) is 0 Å². The Hall–Kier alpha value is -4.75. The van der Waals surface area contributed by atoms with Crippen LogP contribution in [0.25, 0.3) is 33.8 Å². The first-order valence-corrected chi connectivity index (χ1v) is 13.0. The van der Waals surface area contributed by atoms with Gasteiger partial charge in [-0.05, 0) is 71.3 Å². The minimum atomic E-state index is -0.284. The number of hydrogen-bond donors (Lipinski definition) is 3. The number of nitrogens with zero attached hydrogens (tertiary/aromatic N) is 1. The van der Waals surface area contributed by atoms with E-state index < -0.39 is 0 Å². The molecule has 4 nitrogen and oxygen atoms in total. The average molecular weight is 537 g/mol. The van der Waals surface area contributed by atoms with Crippen LogP contribution in [0.2, 0.25) is 0 Å². The minimum Gasteiger partial charge on any atom is -0.361 e. The molecule has 3 aromatic heterocycles. The van der Waals surface area contributed by atoms with E-state index in [-0.39, 0.29) is 17.5 Å². The summed E-state index contributed by atoms with van der Waals surface area (Å²) in [7, 11) is 0. The Morgan fingerprint density at radius 2 is 0.750 bits per heavy atom. The van der Waals surface area contributed by atoms with Gasteiger partial charge in [-0.3, -0.25) is 4.90 Å². The predicted octanol–water partition coefficient (Wildman–Crippen LogP) is 8.29. The number of rotatable bonds is 9. The summed E-state index contributed by atoms with van der Waals surface area (Å²) in [5, 5.41) is 0. The molecule has 6 rings (SSSR count). The molecule has 3 aromatic carbocycles. The second kappa shape index (κ2) is 11.2. The van der Waals surface area contributed by atoms with Crippen molar-refractivity contribution in [3.8, 4) is 33.8 Å². The van der Waals surface area contributed by atoms with Crippen LogP contribution in [0.4, 0.5) is 13.2 Å². The molecular formula is C33H27F3N4. The molecule has 0 unspecified atom stereocenters. The Kier molecular flexibility index (Phi) is 7.12. The fraction of sp³-hybridized carbons (Fsp3) is 0.0909. The summed E-state index contributed by atoms with van der Waals surface area (Å²) < 4.78 is 43.1. The highest BCUT2D eigenvalue weighted by Crippen LogP contribution is 2.27. The first-order valence-electron chi connectivity index (χ1n) is 13.0. The maximum atomic E-state index is 14.4. The van der Waals surface area contributed by atoms with Crippen LogP contribution in [0.5, 0.6) is 0 Å². The van der Waals surface area contributed by atoms with E-state index >= 15 is 0 Å². The Balaban J connectivity index is 1.26. The number of H-pyrrole nitrogens is 3. The van der Waals surface area contributed by atoms with Gasteiger partial charge in [0.2, 0.25) is 0 Å². The van der Waals surface area contributed by atoms with Gasteiger partial charge >= 0.3 is 0 Å². The molecule has 6 aromatic rings. The van der Waals surface area contributed by atoms with Gasteiger partial charge in [-0.2, -0.15) is 0 Å². The van der Waals surface area contributed by atoms with Crippen molar-refractivity contribution >= 4 is 0 Å². The zero-order valence-corrected chi connectivity index (χ0v) is 21.6. The van der Waals surface area contributed by atoms with Crippen LogP contribution in [-0.4, -0.2) is 19.9 Å². The van der Waals surface area contributed by atoms with Gasteiger partial charge in [0, 0.05) is 72.0 Å². The average Bonchev–Trinajstić information content (AvgIpc) is 3.72. The third-order valence-corrected chi connectivity index (χ3v) is 6.94. The van der Waals surface area contributed by atoms with Gasteiger partial charge in [0.25, 0.3) is 0 Å². The first-order chi connectivity index (χ1) is 19.5. The highest BCUT2D eigenvalue weighted by atomic mass is 19.1. The molecule has 0 fully saturated rings. The zero-order valence-electron chi connectivity index (χ0n) is 21.6. The largest absolute Gasteiger partial charge is 0.361 e. The fourth-order valence-electron chi connectivity index (χ4n) is 5.04. The number of halogens is 3. The van der Waals surface area contributed by atoms with Gasteiger partial charge in [-0.25, -0.2) is 13.2 Å². The van der Waals surface area contributed by atoms with E-state index in [1.165, 1.54) is 18.2 Å². The topological polar surface area (TPSA) is 50.6 Å². The third-order valence-electron chi connectivity index (χ3n) is 6.94. The molecule has 0 atom stereocenters. The number of aromatic amines is 3. The van der Waals surface area contributed by atoms with Crippen molar-refractivity contribution in [1.29, 1.82) is 0 Å². The monoisotopic (exact) mass is 536 g/mol. The summed E-state index contributed by atoms with van der Waals surface area (Å²) in [6.45, 7) is 1.72. The number of nitrogens with one attached hydrogen (secondary N) is 3. The molecule has 0 aliphatic rings. The van der Waals surface area contributed by atoms with Crippen molar-refractivity contribution < 1.29 is 13.2 Å². The highest BCUT2D eigenvalue weighted by molar-refractivity contribution is 5.63. The summed E-state index contributed by atoms with van der Waals surface area (Å²) in [5.74, 6) is -0.851. The number of benzene rings is 3. The summed E-state index contributed by atoms with van der Waals surface area (Å²) in [4.78, 5) is 11.8. The summed E-state index contributed by atoms with van der Waals surface area (Å²) in [6.07, 6.45) is 5.66. The van der Waals surface area contributed by atoms with E-state index in [9.17, 15) is 13.2 Å². The maximum absolute atomic E-state index is 14.4. The first kappa shape index (κ1) is 25.5. The van der Waals surface area contributed by atoms with E-state index in [1.54, 1.807) is 36.4 Å². The van der Waals surface area contributed by atoms with Crippen LogP contribution < -0.4 is 0 Å². The van der Waals surface area contributed by atoms with Gasteiger partial charge in [0.1, 0.15) is 17.5 Å². The van der Waals surface area contributed by atoms with E-state index in [0.717, 1.165) is 16.7 Å². The molecule has 0 spiro atoms. The lowest BCUT2D eigenvalue weighted by molar-refractivity contribution is 0.248. The Labute approximate surface area is 230 Å². The molecule has 40 heavy (non-hydrogen) atoms. The van der Waals surface area contributed by atoms with Crippen molar-refractivity contribution in [2.75, 3.05) is 0 Å². The van der Waals surface area contributed by atoms with E-state index in [1.807, 2.05) is 55.0 Å². The molecule has 3 N–H and O–H groups in total. The summed E-state index contributed by atoms with van der Waals surface area (Å²) in [6, 6.07) is 25.9. The van der Waals surface area contributed by atoms with Gasteiger partial charge < -0.3 is 15.0 Å². The van der Waals surface area contributed by atoms with E-state index in [4.69, 9.17) is 0 Å². The van der Waals surface area contributed by atoms with Gasteiger partial charge in [0.15, 0.2) is 0 Å². The molecule has 0 aliphatic heterocycles. The third kappa shape index (κ3) is 5.51. The van der Waals surface area contributed by atoms with Crippen molar-refractivity contribution in [2.45, 2.75) is 19.6 Å². The van der Waals surface area contributed by atoms with E-state index in [0.29, 0.717) is 53.4 Å². The molecular weight excluding hydrogens is 509 g/mol. The van der Waals surface area contributed by atoms with Gasteiger partial charge in [0.05, 0.1) is 0 Å². The highest BCUT2D eigenvalue weighted by Gasteiger charge is 2.15. The molecule has 0 saturated heterocycles. The Morgan fingerprint density at radius 3 is 1.05 bits per heavy atom. The molecule has 200 valence electrons. The summed E-state index contributed by atoms with van der Waals surface area (Å²) >= 11 is 0. The normalized spacial score (nSPS) is 11.4. The Morgan fingerprint density at radius 1 is 0.450 bits per heavy atom. The van der Waals surface area contributed by atoms with Crippen LogP contribution in [0.3, 0.4) is 0 Å². The molecule has 7 heteroatoms. The van der Waals surface area contributed by atoms with Gasteiger partial charge in [-0.15, -0.1) is 0 Å². The quantitative estimate of drug-likeness (QED) is 0.171. The smallest absolute Gasteiger partial charge is 0.132 e. The van der Waals surface area contributed by atoms with Crippen LogP contribution in [-0.2, 0) is 19.6 Å². The van der Waals surface area contributed by atoms with Crippen molar-refractivity contribution in [2.24, 2.45) is 0 Å². The van der Waals surface area contributed by atoms with E-state index in [2.05, 4.69) is 19.9 Å². The number of hydrogen-bond acceptors (Lipinski definition) is 1. The zero-order chi connectivity index (χ0) is 27.5. The van der Waals surface area contributed by atoms with Crippen molar-refractivity contribution in [3.05, 3.63) is 144 Å². The SMILES string of the molecule is Fc1ccccc1-c1cc(CN(Cc2c[nH]c(-c3ccccc3F)c2)Cc2c[nH]c(-c3ccccc3F)c2)c[nH]1. The lowest BCUT2D eigenvalue weighted by Gasteiger charge is -2.21. The predicted molar refractivity (Wildman–Crippen MR) is 152 cm³/mol. The second-order valence-corrected chi connectivity index (χ2v) is 9.85. The van der Waals surface area contributed by atoms with Crippen LogP contribution in [0.15, 0.2) is 110 Å². The molecule has 0 radical (unpaired) electrons. The van der Waals surface area contributed by atoms with Crippen molar-refractivity contribution in [1.82, 2.24) is 19.9 Å². The molecule has 0 saturated carbocycles. The molecule has 3 heterocycles. The fourth-order valence-corrected chi connectivity index (χ4v) is 5.04. The minimum absolute atomic E-state index is 0.284. The maximum Gasteiger partial charge on any atom is 0.132 e. The summed E-state index contributed by atoms with van der Waals surface area (Å²) in [5.41, 5.74) is 6.65. The number of aromatic nitrogens is 3. The van der Waals surface area contributed by atoms with Crippen LogP contribution in [0.1, 0.15) is 16.7 Å². The van der Waals surface area contributed by atoms with Crippen LogP contribution >= 0.6 is 0 Å². The lowest BCUT2D eigenvalue weighted by atomic mass is 10.1.